The summed E-state index contributed by atoms with van der Waals surface area (Å²) < 4.78 is 0. The minimum Gasteiger partial charge on any atom is -0.356 e. The molecule has 1 amide bonds. The fraction of sp³-hybridized carbons (Fsp3) is 0.533. The molecule has 2 atom stereocenters. The molecule has 3 N–H and O–H groups in total. The molecule has 0 aromatic heterocycles. The van der Waals surface area contributed by atoms with Crippen LogP contribution in [-0.2, 0) is 4.79 Å². The number of hydrogen-bond acceptors (Lipinski definition) is 2. The van der Waals surface area contributed by atoms with Gasteiger partial charge in [0.25, 0.3) is 0 Å². The molecule has 0 aliphatic rings. The molecule has 0 radical (unpaired) electrons. The van der Waals surface area contributed by atoms with Gasteiger partial charge in [0, 0.05) is 12.6 Å². The van der Waals surface area contributed by atoms with Gasteiger partial charge >= 0.3 is 0 Å². The van der Waals surface area contributed by atoms with E-state index in [1.54, 1.807) is 0 Å². The number of hydrogen-bond donors (Lipinski definition) is 2. The molecule has 0 saturated heterocycles. The Bertz CT molecular complexity index is 349. The van der Waals surface area contributed by atoms with E-state index in [0.717, 1.165) is 24.8 Å². The molecule has 0 aliphatic heterocycles. The largest absolute Gasteiger partial charge is 0.356 e. The second-order valence-electron chi connectivity index (χ2n) is 4.81. The molecule has 0 heterocycles. The maximum Gasteiger partial charge on any atom is 0.227 e. The quantitative estimate of drug-likeness (QED) is 0.778. The van der Waals surface area contributed by atoms with Crippen molar-refractivity contribution in [3.8, 4) is 0 Å². The summed E-state index contributed by atoms with van der Waals surface area (Å²) in [6.07, 6.45) is 2.70. The molecule has 1 aromatic rings. The monoisotopic (exact) mass is 248 g/mol. The number of nitrogens with two attached hydrogens (primary N) is 1. The molecule has 0 saturated carbocycles. The van der Waals surface area contributed by atoms with E-state index in [0.29, 0.717) is 6.54 Å². The Kier molecular flexibility index (Phi) is 6.44. The van der Waals surface area contributed by atoms with E-state index in [2.05, 4.69) is 12.2 Å². The highest BCUT2D eigenvalue weighted by Gasteiger charge is 2.18. The van der Waals surface area contributed by atoms with Crippen LogP contribution in [0.15, 0.2) is 30.3 Å². The minimum absolute atomic E-state index is 0.0377. The van der Waals surface area contributed by atoms with Crippen LogP contribution in [0.3, 0.4) is 0 Å². The van der Waals surface area contributed by atoms with E-state index in [1.807, 2.05) is 37.3 Å². The Morgan fingerprint density at radius 2 is 1.94 bits per heavy atom. The lowest BCUT2D eigenvalue weighted by Crippen LogP contribution is -2.32. The minimum atomic E-state index is -0.0377. The zero-order valence-electron chi connectivity index (χ0n) is 11.4. The van der Waals surface area contributed by atoms with Crippen molar-refractivity contribution in [2.45, 2.75) is 45.1 Å². The molecule has 1 aromatic carbocycles. The predicted octanol–water partition coefficient (Wildman–Crippen LogP) is 2.42. The molecule has 0 bridgehead atoms. The number of carbonyl (C=O) groups excluding carboxylic acids is 1. The van der Waals surface area contributed by atoms with Crippen molar-refractivity contribution in [2.75, 3.05) is 6.54 Å². The Hall–Kier alpha value is -1.35. The van der Waals surface area contributed by atoms with Crippen LogP contribution in [0.25, 0.3) is 0 Å². The lowest BCUT2D eigenvalue weighted by atomic mass is 9.93. The van der Waals surface area contributed by atoms with Crippen LogP contribution in [0.1, 0.15) is 44.6 Å². The molecule has 0 spiro atoms. The lowest BCUT2D eigenvalue weighted by Gasteiger charge is -2.17. The lowest BCUT2D eigenvalue weighted by molar-refractivity contribution is -0.122. The van der Waals surface area contributed by atoms with E-state index in [1.165, 1.54) is 0 Å². The van der Waals surface area contributed by atoms with Crippen LogP contribution >= 0.6 is 0 Å². The third-order valence-electron chi connectivity index (χ3n) is 2.99. The summed E-state index contributed by atoms with van der Waals surface area (Å²) in [6, 6.07) is 10.1. The number of carbonyl (C=O) groups is 1. The molecule has 2 unspecified atom stereocenters. The average Bonchev–Trinajstić information content (AvgIpc) is 2.36. The van der Waals surface area contributed by atoms with Crippen molar-refractivity contribution in [1.29, 1.82) is 0 Å². The maximum atomic E-state index is 12.2. The normalized spacial score (nSPS) is 13.9. The summed E-state index contributed by atoms with van der Waals surface area (Å²) in [6.45, 7) is 4.71. The smallest absolute Gasteiger partial charge is 0.227 e. The van der Waals surface area contributed by atoms with Gasteiger partial charge in [-0.05, 0) is 25.3 Å². The van der Waals surface area contributed by atoms with Crippen LogP contribution in [0.4, 0.5) is 0 Å². The van der Waals surface area contributed by atoms with Gasteiger partial charge in [0.05, 0.1) is 5.92 Å². The van der Waals surface area contributed by atoms with Crippen LogP contribution in [0.5, 0.6) is 0 Å². The molecule has 1 rings (SSSR count). The summed E-state index contributed by atoms with van der Waals surface area (Å²) in [4.78, 5) is 12.2. The van der Waals surface area contributed by atoms with E-state index in [-0.39, 0.29) is 17.9 Å². The first-order valence-corrected chi connectivity index (χ1v) is 6.73. The Balaban J connectivity index is 2.59. The third kappa shape index (κ3) is 4.88. The van der Waals surface area contributed by atoms with Gasteiger partial charge in [-0.2, -0.15) is 0 Å². The van der Waals surface area contributed by atoms with Crippen molar-refractivity contribution in [2.24, 2.45) is 5.73 Å². The van der Waals surface area contributed by atoms with Crippen molar-refractivity contribution in [3.63, 3.8) is 0 Å². The first-order chi connectivity index (χ1) is 8.65. The maximum absolute atomic E-state index is 12.2. The molecular formula is C15H24N2O. The highest BCUT2D eigenvalue weighted by Crippen LogP contribution is 2.21. The fourth-order valence-electron chi connectivity index (χ4n) is 1.97. The van der Waals surface area contributed by atoms with Gasteiger partial charge in [0.1, 0.15) is 0 Å². The first-order valence-electron chi connectivity index (χ1n) is 6.73. The number of amides is 1. The second kappa shape index (κ2) is 7.88. The molecule has 0 fully saturated rings. The molecule has 0 aliphatic carbocycles. The fourth-order valence-corrected chi connectivity index (χ4v) is 1.97. The number of nitrogens with one attached hydrogen (secondary N) is 1. The van der Waals surface area contributed by atoms with Crippen LogP contribution in [0.2, 0.25) is 0 Å². The Labute approximate surface area is 110 Å². The van der Waals surface area contributed by atoms with Gasteiger partial charge in [-0.1, -0.05) is 43.7 Å². The molecule has 3 nitrogen and oxygen atoms in total. The van der Waals surface area contributed by atoms with Gasteiger partial charge < -0.3 is 11.1 Å². The Morgan fingerprint density at radius 1 is 1.28 bits per heavy atom. The highest BCUT2D eigenvalue weighted by atomic mass is 16.1. The molecular weight excluding hydrogens is 224 g/mol. The van der Waals surface area contributed by atoms with Crippen LogP contribution in [-0.4, -0.2) is 18.5 Å². The van der Waals surface area contributed by atoms with Crippen molar-refractivity contribution in [3.05, 3.63) is 35.9 Å². The van der Waals surface area contributed by atoms with Gasteiger partial charge in [0.2, 0.25) is 5.91 Å². The second-order valence-corrected chi connectivity index (χ2v) is 4.81. The Morgan fingerprint density at radius 3 is 2.50 bits per heavy atom. The zero-order chi connectivity index (χ0) is 13.4. The van der Waals surface area contributed by atoms with Crippen molar-refractivity contribution < 1.29 is 4.79 Å². The van der Waals surface area contributed by atoms with E-state index in [4.69, 9.17) is 5.73 Å². The summed E-state index contributed by atoms with van der Waals surface area (Å²) in [5, 5.41) is 2.98. The topological polar surface area (TPSA) is 55.1 Å². The SMILES string of the molecule is CCCC(C(=O)NCCC(C)N)c1ccccc1. The summed E-state index contributed by atoms with van der Waals surface area (Å²) >= 11 is 0. The first kappa shape index (κ1) is 14.7. The van der Waals surface area contributed by atoms with Gasteiger partial charge in [-0.3, -0.25) is 4.79 Å². The van der Waals surface area contributed by atoms with Gasteiger partial charge in [-0.25, -0.2) is 0 Å². The predicted molar refractivity (Wildman–Crippen MR) is 75.4 cm³/mol. The average molecular weight is 248 g/mol. The highest BCUT2D eigenvalue weighted by molar-refractivity contribution is 5.83. The van der Waals surface area contributed by atoms with Crippen molar-refractivity contribution in [1.82, 2.24) is 5.32 Å². The van der Waals surface area contributed by atoms with Crippen LogP contribution < -0.4 is 11.1 Å². The molecule has 3 heteroatoms. The summed E-state index contributed by atoms with van der Waals surface area (Å²) in [7, 11) is 0. The standard InChI is InChI=1S/C15H24N2O/c1-3-7-14(13-8-5-4-6-9-13)15(18)17-11-10-12(2)16/h4-6,8-9,12,14H,3,7,10-11,16H2,1-2H3,(H,17,18). The van der Waals surface area contributed by atoms with E-state index in [9.17, 15) is 4.79 Å². The summed E-state index contributed by atoms with van der Waals surface area (Å²) in [5.41, 5.74) is 6.77. The van der Waals surface area contributed by atoms with Gasteiger partial charge in [0.15, 0.2) is 0 Å². The van der Waals surface area contributed by atoms with Crippen molar-refractivity contribution >= 4 is 5.91 Å². The number of benzene rings is 1. The molecule has 100 valence electrons. The number of rotatable bonds is 7. The van der Waals surface area contributed by atoms with E-state index >= 15 is 0 Å². The van der Waals surface area contributed by atoms with E-state index < -0.39 is 0 Å². The third-order valence-corrected chi connectivity index (χ3v) is 2.99. The van der Waals surface area contributed by atoms with Crippen LogP contribution in [0, 0.1) is 0 Å². The molecule has 18 heavy (non-hydrogen) atoms. The zero-order valence-corrected chi connectivity index (χ0v) is 11.4. The summed E-state index contributed by atoms with van der Waals surface area (Å²) in [5.74, 6) is 0.0768. The van der Waals surface area contributed by atoms with Gasteiger partial charge in [-0.15, -0.1) is 0 Å².